The van der Waals surface area contributed by atoms with Crippen LogP contribution in [0.3, 0.4) is 0 Å². The molecule has 124 valence electrons. The first kappa shape index (κ1) is 17.7. The highest BCUT2D eigenvalue weighted by Gasteiger charge is 2.38. The van der Waals surface area contributed by atoms with Crippen molar-refractivity contribution in [1.82, 2.24) is 4.90 Å². The van der Waals surface area contributed by atoms with E-state index in [9.17, 15) is 9.59 Å². The summed E-state index contributed by atoms with van der Waals surface area (Å²) in [5, 5.41) is 0.687. The van der Waals surface area contributed by atoms with Crippen LogP contribution in [0.5, 0.6) is 0 Å². The minimum Gasteiger partial charge on any atom is -0.332 e. The van der Waals surface area contributed by atoms with E-state index in [0.29, 0.717) is 17.9 Å². The van der Waals surface area contributed by atoms with Gasteiger partial charge in [-0.05, 0) is 43.4 Å². The number of rotatable bonds is 7. The number of hydrogen-bond donors (Lipinski definition) is 0. The van der Waals surface area contributed by atoms with Gasteiger partial charge in [0.25, 0.3) is 0 Å². The molecule has 0 aromatic heterocycles. The Balaban J connectivity index is 2.34. The first-order valence-corrected chi connectivity index (χ1v) is 8.62. The second-order valence-corrected chi connectivity index (χ2v) is 6.51. The summed E-state index contributed by atoms with van der Waals surface area (Å²) in [5.41, 5.74) is 1.09. The average molecular weight is 334 g/mol. The maximum atomic E-state index is 13.0. The summed E-state index contributed by atoms with van der Waals surface area (Å²) in [6.45, 7) is 5.79. The van der Waals surface area contributed by atoms with Crippen LogP contribution in [0.2, 0.25) is 5.02 Å². The van der Waals surface area contributed by atoms with E-state index >= 15 is 0 Å². The molecule has 1 fully saturated rings. The van der Waals surface area contributed by atoms with Crippen LogP contribution in [0.1, 0.15) is 50.6 Å². The Morgan fingerprint density at radius 2 is 2.04 bits per heavy atom. The summed E-state index contributed by atoms with van der Waals surface area (Å²) in [5.74, 6) is 0.126. The monoisotopic (exact) mass is 333 g/mol. The zero-order chi connectivity index (χ0) is 16.8. The molecular weight excluding hydrogens is 310 g/mol. The van der Waals surface area contributed by atoms with E-state index in [2.05, 4.69) is 6.58 Å². The van der Waals surface area contributed by atoms with Crippen LogP contribution in [0.15, 0.2) is 36.9 Å². The first-order valence-electron chi connectivity index (χ1n) is 8.24. The molecule has 3 unspecified atom stereocenters. The molecule has 0 saturated carbocycles. The number of carbonyl (C=O) groups is 2. The zero-order valence-electron chi connectivity index (χ0n) is 13.6. The summed E-state index contributed by atoms with van der Waals surface area (Å²) < 4.78 is 0. The Kier molecular flexibility index (Phi) is 6.40. The molecule has 4 heteroatoms. The molecule has 1 saturated heterocycles. The smallest absolute Gasteiger partial charge is 0.226 e. The number of benzene rings is 1. The minimum absolute atomic E-state index is 0.0169. The quantitative estimate of drug-likeness (QED) is 0.541. The van der Waals surface area contributed by atoms with Crippen LogP contribution in [0, 0.1) is 5.92 Å². The Labute approximate surface area is 143 Å². The molecule has 0 radical (unpaired) electrons. The van der Waals surface area contributed by atoms with Crippen LogP contribution in [-0.4, -0.2) is 23.1 Å². The Bertz CT molecular complexity index is 555. The van der Waals surface area contributed by atoms with Crippen molar-refractivity contribution in [3.8, 4) is 0 Å². The van der Waals surface area contributed by atoms with E-state index < -0.39 is 0 Å². The van der Waals surface area contributed by atoms with Crippen molar-refractivity contribution in [1.29, 1.82) is 0 Å². The number of nitrogens with zero attached hydrogens (tertiary/aromatic N) is 1. The molecule has 1 aromatic rings. The third kappa shape index (κ3) is 4.03. The summed E-state index contributed by atoms with van der Waals surface area (Å²) in [6, 6.07) is 7.65. The van der Waals surface area contributed by atoms with E-state index in [1.807, 2.05) is 42.2 Å². The van der Waals surface area contributed by atoms with Gasteiger partial charge in [-0.25, -0.2) is 0 Å². The van der Waals surface area contributed by atoms with Crippen molar-refractivity contribution < 1.29 is 9.59 Å². The molecule has 3 nitrogen and oxygen atoms in total. The molecule has 1 amide bonds. The minimum atomic E-state index is -0.0479. The van der Waals surface area contributed by atoms with Crippen LogP contribution in [0.25, 0.3) is 0 Å². The fourth-order valence-electron chi connectivity index (χ4n) is 3.44. The SMILES string of the molecule is C=CCC1CCC(c2ccc(Cl)cc2)N(C(CC)CC=O)C1=O. The lowest BCUT2D eigenvalue weighted by atomic mass is 9.84. The number of likely N-dealkylation sites (tertiary alicyclic amines) is 1. The van der Waals surface area contributed by atoms with Crippen LogP contribution in [0.4, 0.5) is 0 Å². The van der Waals surface area contributed by atoms with E-state index in [1.165, 1.54) is 0 Å². The standard InChI is InChI=1S/C19H24ClNO2/c1-3-5-15-8-11-18(14-6-9-16(20)10-7-14)21(19(15)23)17(4-2)12-13-22/h3,6-7,9-10,13,15,17-18H,1,4-5,8,11-12H2,2H3. The molecule has 1 aliphatic heterocycles. The van der Waals surface area contributed by atoms with E-state index in [-0.39, 0.29) is 23.9 Å². The van der Waals surface area contributed by atoms with Gasteiger partial charge in [0, 0.05) is 23.4 Å². The van der Waals surface area contributed by atoms with Crippen LogP contribution >= 0.6 is 11.6 Å². The normalized spacial score (nSPS) is 22.7. The van der Waals surface area contributed by atoms with Gasteiger partial charge in [-0.15, -0.1) is 6.58 Å². The highest BCUT2D eigenvalue weighted by molar-refractivity contribution is 6.30. The van der Waals surface area contributed by atoms with Crippen molar-refractivity contribution >= 4 is 23.8 Å². The first-order chi connectivity index (χ1) is 11.1. The highest BCUT2D eigenvalue weighted by atomic mass is 35.5. The van der Waals surface area contributed by atoms with Crippen LogP contribution in [-0.2, 0) is 9.59 Å². The largest absolute Gasteiger partial charge is 0.332 e. The molecule has 0 aliphatic carbocycles. The number of hydrogen-bond acceptors (Lipinski definition) is 2. The van der Waals surface area contributed by atoms with E-state index in [1.54, 1.807) is 0 Å². The van der Waals surface area contributed by atoms with Crippen molar-refractivity contribution in [3.63, 3.8) is 0 Å². The maximum Gasteiger partial charge on any atom is 0.226 e. The number of carbonyl (C=O) groups excluding carboxylic acids is 2. The Morgan fingerprint density at radius 1 is 1.35 bits per heavy atom. The van der Waals surface area contributed by atoms with Crippen molar-refractivity contribution in [2.24, 2.45) is 5.92 Å². The van der Waals surface area contributed by atoms with Crippen LogP contribution < -0.4 is 0 Å². The van der Waals surface area contributed by atoms with Crippen molar-refractivity contribution in [3.05, 3.63) is 47.5 Å². The fraction of sp³-hybridized carbons (Fsp3) is 0.474. The number of allylic oxidation sites excluding steroid dienone is 1. The zero-order valence-corrected chi connectivity index (χ0v) is 14.3. The Morgan fingerprint density at radius 3 is 2.61 bits per heavy atom. The molecule has 0 N–H and O–H groups in total. The summed E-state index contributed by atoms with van der Waals surface area (Å²) >= 11 is 5.98. The lowest BCUT2D eigenvalue weighted by molar-refractivity contribution is -0.145. The third-order valence-corrected chi connectivity index (χ3v) is 4.92. The van der Waals surface area contributed by atoms with Gasteiger partial charge in [0.2, 0.25) is 5.91 Å². The summed E-state index contributed by atoms with van der Waals surface area (Å²) in [4.78, 5) is 26.0. The second kappa shape index (κ2) is 8.30. The molecule has 3 atom stereocenters. The summed E-state index contributed by atoms with van der Waals surface area (Å²) in [7, 11) is 0. The van der Waals surface area contributed by atoms with Gasteiger partial charge >= 0.3 is 0 Å². The van der Waals surface area contributed by atoms with Gasteiger partial charge in [0.15, 0.2) is 0 Å². The van der Waals surface area contributed by atoms with Crippen molar-refractivity contribution in [2.45, 2.75) is 51.1 Å². The highest BCUT2D eigenvalue weighted by Crippen LogP contribution is 2.38. The molecule has 1 aromatic carbocycles. The van der Waals surface area contributed by atoms with E-state index in [4.69, 9.17) is 11.6 Å². The fourth-order valence-corrected chi connectivity index (χ4v) is 3.57. The summed E-state index contributed by atoms with van der Waals surface area (Å²) in [6.07, 6.45) is 6.33. The van der Waals surface area contributed by atoms with Gasteiger partial charge in [-0.1, -0.05) is 36.7 Å². The van der Waals surface area contributed by atoms with Gasteiger partial charge in [0.05, 0.1) is 6.04 Å². The lowest BCUT2D eigenvalue weighted by Gasteiger charge is -2.43. The number of amides is 1. The molecule has 0 spiro atoms. The van der Waals surface area contributed by atoms with E-state index in [0.717, 1.165) is 31.1 Å². The number of aldehydes is 1. The van der Waals surface area contributed by atoms with Gasteiger partial charge in [0.1, 0.15) is 6.29 Å². The van der Waals surface area contributed by atoms with Gasteiger partial charge in [-0.3, -0.25) is 4.79 Å². The lowest BCUT2D eigenvalue weighted by Crippen LogP contribution is -2.49. The molecule has 23 heavy (non-hydrogen) atoms. The molecular formula is C19H24ClNO2. The predicted octanol–water partition coefficient (Wildman–Crippen LogP) is 4.56. The molecule has 0 bridgehead atoms. The van der Waals surface area contributed by atoms with Crippen molar-refractivity contribution in [2.75, 3.05) is 0 Å². The second-order valence-electron chi connectivity index (χ2n) is 6.08. The number of piperidine rings is 1. The molecule has 2 rings (SSSR count). The van der Waals surface area contributed by atoms with Gasteiger partial charge < -0.3 is 9.69 Å². The predicted molar refractivity (Wildman–Crippen MR) is 93.3 cm³/mol. The third-order valence-electron chi connectivity index (χ3n) is 4.67. The Hall–Kier alpha value is -1.61. The molecule has 1 heterocycles. The number of halogens is 1. The maximum absolute atomic E-state index is 13.0. The topological polar surface area (TPSA) is 37.4 Å². The average Bonchev–Trinajstić information content (AvgIpc) is 2.56. The molecule has 1 aliphatic rings. The van der Waals surface area contributed by atoms with Gasteiger partial charge in [-0.2, -0.15) is 0 Å².